The zero-order chi connectivity index (χ0) is 24.5. The van der Waals surface area contributed by atoms with Crippen LogP contribution in [0.4, 0.5) is 5.69 Å². The Hall–Kier alpha value is -3.84. The molecule has 0 amide bonds. The predicted molar refractivity (Wildman–Crippen MR) is 142 cm³/mol. The normalized spacial score (nSPS) is 17.4. The number of nitrogens with one attached hydrogen (secondary N) is 1. The van der Waals surface area contributed by atoms with Crippen LogP contribution in [0.2, 0.25) is 0 Å². The molecule has 4 aromatic rings. The monoisotopic (exact) mass is 484 g/mol. The van der Waals surface area contributed by atoms with Crippen LogP contribution in [0.1, 0.15) is 34.7 Å². The van der Waals surface area contributed by atoms with Gasteiger partial charge in [0.1, 0.15) is 17.2 Å². The number of nitrogens with zero attached hydrogens (tertiary/aromatic N) is 3. The van der Waals surface area contributed by atoms with Crippen LogP contribution in [-0.2, 0) is 7.05 Å². The number of hydrogen-bond donors (Lipinski definition) is 1. The number of anilines is 1. The van der Waals surface area contributed by atoms with E-state index >= 15 is 0 Å². The lowest BCUT2D eigenvalue weighted by Crippen LogP contribution is -2.29. The maximum absolute atomic E-state index is 6.03. The van der Waals surface area contributed by atoms with Gasteiger partial charge < -0.3 is 24.3 Å². The molecule has 0 spiro atoms. The van der Waals surface area contributed by atoms with E-state index in [-0.39, 0.29) is 12.1 Å². The van der Waals surface area contributed by atoms with Gasteiger partial charge >= 0.3 is 0 Å². The molecule has 1 N–H and O–H groups in total. The van der Waals surface area contributed by atoms with Crippen molar-refractivity contribution in [1.29, 1.82) is 0 Å². The molecule has 2 aromatic heterocycles. The number of aryl methyl sites for hydroxylation is 1. The Balaban J connectivity index is 1.49. The first-order valence-corrected chi connectivity index (χ1v) is 11.9. The van der Waals surface area contributed by atoms with E-state index in [0.717, 1.165) is 28.6 Å². The first-order valence-electron chi connectivity index (χ1n) is 11.5. The smallest absolute Gasteiger partial charge is 0.174 e. The van der Waals surface area contributed by atoms with Crippen molar-refractivity contribution >= 4 is 23.0 Å². The predicted octanol–water partition coefficient (Wildman–Crippen LogP) is 6.01. The van der Waals surface area contributed by atoms with Gasteiger partial charge in [0.2, 0.25) is 0 Å². The number of benzene rings is 2. The molecule has 1 aliphatic rings. The molecule has 1 fully saturated rings. The van der Waals surface area contributed by atoms with Gasteiger partial charge in [-0.15, -0.1) is 0 Å². The minimum atomic E-state index is -0.0700. The van der Waals surface area contributed by atoms with E-state index in [0.29, 0.717) is 5.11 Å². The molecule has 1 saturated heterocycles. The van der Waals surface area contributed by atoms with Gasteiger partial charge in [-0.05, 0) is 98.4 Å². The summed E-state index contributed by atoms with van der Waals surface area (Å²) in [4.78, 5) is 6.83. The topological polar surface area (TPSA) is 51.6 Å². The summed E-state index contributed by atoms with van der Waals surface area (Å²) >= 11 is 5.86. The van der Waals surface area contributed by atoms with Crippen LogP contribution in [0, 0.1) is 13.8 Å². The van der Waals surface area contributed by atoms with Crippen LogP contribution in [0.25, 0.3) is 0 Å². The van der Waals surface area contributed by atoms with Crippen molar-refractivity contribution in [2.75, 3.05) is 12.0 Å². The summed E-state index contributed by atoms with van der Waals surface area (Å²) in [7, 11) is 3.75. The second-order valence-electron chi connectivity index (χ2n) is 8.65. The van der Waals surface area contributed by atoms with E-state index in [4.69, 9.17) is 21.7 Å². The largest absolute Gasteiger partial charge is 0.497 e. The molecule has 35 heavy (non-hydrogen) atoms. The van der Waals surface area contributed by atoms with Gasteiger partial charge in [0, 0.05) is 30.3 Å². The number of thiocarbonyl (C=S) groups is 1. The molecule has 0 saturated carbocycles. The molecule has 1 aliphatic heterocycles. The summed E-state index contributed by atoms with van der Waals surface area (Å²) in [5, 5.41) is 4.21. The highest BCUT2D eigenvalue weighted by Crippen LogP contribution is 2.43. The van der Waals surface area contributed by atoms with Crippen LogP contribution >= 0.6 is 12.2 Å². The molecule has 0 aliphatic carbocycles. The number of methoxy groups -OCH3 is 1. The minimum absolute atomic E-state index is 0.0364. The van der Waals surface area contributed by atoms with Crippen molar-refractivity contribution in [2.45, 2.75) is 25.9 Å². The second kappa shape index (κ2) is 9.43. The highest BCUT2D eigenvalue weighted by molar-refractivity contribution is 7.80. The van der Waals surface area contributed by atoms with Gasteiger partial charge in [-0.3, -0.25) is 4.98 Å². The van der Waals surface area contributed by atoms with Crippen LogP contribution in [-0.4, -0.2) is 21.8 Å². The Labute approximate surface area is 211 Å². The van der Waals surface area contributed by atoms with Crippen molar-refractivity contribution < 1.29 is 9.47 Å². The lowest BCUT2D eigenvalue weighted by molar-refractivity contribution is 0.413. The highest BCUT2D eigenvalue weighted by Gasteiger charge is 2.42. The zero-order valence-electron chi connectivity index (χ0n) is 20.2. The molecule has 3 heterocycles. The molecule has 6 nitrogen and oxygen atoms in total. The number of aromatic nitrogens is 2. The van der Waals surface area contributed by atoms with Crippen molar-refractivity contribution in [3.8, 4) is 17.2 Å². The van der Waals surface area contributed by atoms with Crippen LogP contribution in [0.15, 0.2) is 79.0 Å². The molecule has 178 valence electrons. The maximum atomic E-state index is 6.03. The fourth-order valence-corrected chi connectivity index (χ4v) is 4.93. The maximum Gasteiger partial charge on any atom is 0.174 e. The minimum Gasteiger partial charge on any atom is -0.497 e. The quantitative estimate of drug-likeness (QED) is 0.338. The summed E-state index contributed by atoms with van der Waals surface area (Å²) in [5.74, 6) is 2.30. The highest BCUT2D eigenvalue weighted by atomic mass is 32.1. The van der Waals surface area contributed by atoms with Gasteiger partial charge in [-0.1, -0.05) is 6.07 Å². The third kappa shape index (κ3) is 4.35. The molecule has 2 aromatic carbocycles. The Morgan fingerprint density at radius 3 is 2.14 bits per heavy atom. The summed E-state index contributed by atoms with van der Waals surface area (Å²) in [6, 6.07) is 23.7. The Kier molecular flexibility index (Phi) is 6.17. The van der Waals surface area contributed by atoms with Crippen LogP contribution in [0.3, 0.4) is 0 Å². The van der Waals surface area contributed by atoms with Gasteiger partial charge in [0.25, 0.3) is 0 Å². The van der Waals surface area contributed by atoms with Crippen molar-refractivity contribution in [1.82, 2.24) is 14.9 Å². The Morgan fingerprint density at radius 1 is 0.914 bits per heavy atom. The molecule has 0 unspecified atom stereocenters. The summed E-state index contributed by atoms with van der Waals surface area (Å²) in [6.07, 6.45) is 1.83. The third-order valence-electron chi connectivity index (χ3n) is 6.64. The summed E-state index contributed by atoms with van der Waals surface area (Å²) in [6.45, 7) is 4.28. The standard InChI is InChI=1S/C28H28N4O2S/c1-18-17-24(19(2)31(18)3)27-26(25-7-5-6-16-29-25)30-28(35)32(27)20-8-10-22(11-9-20)34-23-14-12-21(33-4)13-15-23/h5-17,26-27H,1-4H3,(H,30,35)/t26-,27+/m0/s1. The zero-order valence-corrected chi connectivity index (χ0v) is 21.0. The molecule has 5 rings (SSSR count). The SMILES string of the molecule is COc1ccc(Oc2ccc(N3C(=S)N[C@@H](c4ccccn4)[C@H]3c3cc(C)n(C)c3C)cc2)cc1. The van der Waals surface area contributed by atoms with E-state index < -0.39 is 0 Å². The van der Waals surface area contributed by atoms with Crippen molar-refractivity contribution in [2.24, 2.45) is 7.05 Å². The lowest BCUT2D eigenvalue weighted by Gasteiger charge is -2.28. The Morgan fingerprint density at radius 2 is 1.57 bits per heavy atom. The first kappa shape index (κ1) is 22.9. The summed E-state index contributed by atoms with van der Waals surface area (Å²) in [5.41, 5.74) is 5.60. The Bertz CT molecular complexity index is 1330. The van der Waals surface area contributed by atoms with Gasteiger partial charge in [-0.2, -0.15) is 0 Å². The average Bonchev–Trinajstić information content (AvgIpc) is 3.36. The lowest BCUT2D eigenvalue weighted by atomic mass is 9.96. The molecule has 7 heteroatoms. The average molecular weight is 485 g/mol. The fourth-order valence-electron chi connectivity index (χ4n) is 4.59. The van der Waals surface area contributed by atoms with E-state index in [9.17, 15) is 0 Å². The molecule has 0 bridgehead atoms. The third-order valence-corrected chi connectivity index (χ3v) is 6.96. The van der Waals surface area contributed by atoms with E-state index in [2.05, 4.69) is 46.7 Å². The first-order chi connectivity index (χ1) is 17.0. The number of rotatable bonds is 6. The van der Waals surface area contributed by atoms with E-state index in [1.165, 1.54) is 17.0 Å². The van der Waals surface area contributed by atoms with Crippen LogP contribution < -0.4 is 19.7 Å². The molecular weight excluding hydrogens is 456 g/mol. The number of hydrogen-bond acceptors (Lipinski definition) is 4. The van der Waals surface area contributed by atoms with E-state index in [1.54, 1.807) is 7.11 Å². The molecular formula is C28H28N4O2S. The van der Waals surface area contributed by atoms with Crippen LogP contribution in [0.5, 0.6) is 17.2 Å². The summed E-state index contributed by atoms with van der Waals surface area (Å²) < 4.78 is 13.5. The van der Waals surface area contributed by atoms with E-state index in [1.807, 2.05) is 72.9 Å². The van der Waals surface area contributed by atoms with Gasteiger partial charge in [-0.25, -0.2) is 0 Å². The number of pyridine rings is 1. The molecule has 0 radical (unpaired) electrons. The second-order valence-corrected chi connectivity index (χ2v) is 9.04. The number of ether oxygens (including phenoxy) is 2. The van der Waals surface area contributed by atoms with Gasteiger partial charge in [0.05, 0.1) is 24.9 Å². The van der Waals surface area contributed by atoms with Gasteiger partial charge in [0.15, 0.2) is 5.11 Å². The molecule has 2 atom stereocenters. The fraction of sp³-hybridized carbons (Fsp3) is 0.214. The van der Waals surface area contributed by atoms with Crippen molar-refractivity contribution in [3.63, 3.8) is 0 Å². The van der Waals surface area contributed by atoms with Crippen molar-refractivity contribution in [3.05, 3.63) is 102 Å².